The largest absolute Gasteiger partial charge is 0.481 e. The molecule has 0 amide bonds. The van der Waals surface area contributed by atoms with Crippen LogP contribution in [0.2, 0.25) is 0 Å². The first-order valence-electron chi connectivity index (χ1n) is 12.0. The number of carboxylic acid groups (broad SMARTS) is 3. The molecule has 0 unspecified atom stereocenters. The number of carboxylic acids is 3. The number of quaternary nitrogens is 1. The molecule has 0 aliphatic rings. The Bertz CT molecular complexity index is 487. The summed E-state index contributed by atoms with van der Waals surface area (Å²) in [6.07, 6.45) is 17.1. The molecule has 0 heterocycles. The summed E-state index contributed by atoms with van der Waals surface area (Å²) in [6.45, 7) is 3.64. The number of rotatable bonds is 22. The lowest BCUT2D eigenvalue weighted by Gasteiger charge is -2.38. The molecule has 3 N–H and O–H groups in total. The molecule has 0 aliphatic carbocycles. The summed E-state index contributed by atoms with van der Waals surface area (Å²) in [5, 5.41) is 27.2. The lowest BCUT2D eigenvalue weighted by atomic mass is 10.1. The van der Waals surface area contributed by atoms with Gasteiger partial charge in [0.1, 0.15) is 0 Å². The lowest BCUT2D eigenvalue weighted by Crippen LogP contribution is -2.52. The minimum absolute atomic E-state index is 0.0857. The molecule has 7 nitrogen and oxygen atoms in total. The Morgan fingerprint density at radius 1 is 0.581 bits per heavy atom. The molecule has 0 aromatic carbocycles. The van der Waals surface area contributed by atoms with Crippen molar-refractivity contribution in [2.45, 2.75) is 96.8 Å². The number of aliphatic carboxylic acids is 3. The topological polar surface area (TPSA) is 112 Å². The quantitative estimate of drug-likeness (QED) is 0.122. The smallest absolute Gasteiger partial charge is 0.309 e. The average Bonchev–Trinajstić information content (AvgIpc) is 2.72. The van der Waals surface area contributed by atoms with Crippen molar-refractivity contribution in [2.75, 3.05) is 26.2 Å². The number of carbonyl (C=O) groups is 3. The zero-order valence-corrected chi connectivity index (χ0v) is 19.4. The van der Waals surface area contributed by atoms with Crippen molar-refractivity contribution in [1.82, 2.24) is 0 Å². The Morgan fingerprint density at radius 2 is 0.968 bits per heavy atom. The summed E-state index contributed by atoms with van der Waals surface area (Å²) in [5.74, 6) is -2.83. The minimum Gasteiger partial charge on any atom is -0.481 e. The van der Waals surface area contributed by atoms with Gasteiger partial charge in [-0.3, -0.25) is 14.4 Å². The molecule has 0 radical (unpaired) electrons. The Labute approximate surface area is 187 Å². The van der Waals surface area contributed by atoms with Crippen LogP contribution >= 0.6 is 0 Å². The van der Waals surface area contributed by atoms with Crippen molar-refractivity contribution in [3.63, 3.8) is 0 Å². The zero-order valence-electron chi connectivity index (χ0n) is 19.4. The molecule has 0 atom stereocenters. The molecule has 0 rings (SSSR count). The van der Waals surface area contributed by atoms with E-state index in [9.17, 15) is 14.4 Å². The SMILES string of the molecule is CCCCCCCCC/C=C/CCCC[N+](CCC(=O)O)(CCC(=O)O)CCC(=O)O. The van der Waals surface area contributed by atoms with Crippen LogP contribution in [0.15, 0.2) is 12.2 Å². The van der Waals surface area contributed by atoms with Crippen LogP contribution in [0, 0.1) is 0 Å². The van der Waals surface area contributed by atoms with Crippen molar-refractivity contribution in [3.8, 4) is 0 Å². The average molecular weight is 443 g/mol. The van der Waals surface area contributed by atoms with Crippen LogP contribution in [0.1, 0.15) is 96.8 Å². The monoisotopic (exact) mass is 442 g/mol. The highest BCUT2D eigenvalue weighted by Gasteiger charge is 2.29. The van der Waals surface area contributed by atoms with Crippen molar-refractivity contribution < 1.29 is 34.2 Å². The molecule has 0 aliphatic heterocycles. The van der Waals surface area contributed by atoms with Crippen LogP contribution in [0.3, 0.4) is 0 Å². The van der Waals surface area contributed by atoms with Gasteiger partial charge < -0.3 is 19.8 Å². The molecular formula is C24H44NO6+. The van der Waals surface area contributed by atoms with E-state index in [1.807, 2.05) is 0 Å². The first kappa shape index (κ1) is 29.1. The standard InChI is InChI=1S/C24H43NO6/c1-2-3-4-5-6-7-8-9-10-11-12-13-14-18-25(19-15-22(26)27,20-16-23(28)29)21-17-24(30)31/h10-11H,2-9,12-21H2,1H3,(H2-,26,27,28,29,30,31)/p+1/b11-10+. The Hall–Kier alpha value is -1.89. The Morgan fingerprint density at radius 3 is 1.39 bits per heavy atom. The summed E-state index contributed by atoms with van der Waals surface area (Å²) < 4.78 is 0.243. The molecule has 0 spiro atoms. The number of hydrogen-bond acceptors (Lipinski definition) is 3. The fourth-order valence-corrected chi connectivity index (χ4v) is 3.83. The molecule has 31 heavy (non-hydrogen) atoms. The molecule has 0 aromatic rings. The van der Waals surface area contributed by atoms with Gasteiger partial charge in [-0.05, 0) is 32.1 Å². The predicted molar refractivity (Wildman–Crippen MR) is 122 cm³/mol. The lowest BCUT2D eigenvalue weighted by molar-refractivity contribution is -0.927. The fraction of sp³-hybridized carbons (Fsp3) is 0.792. The summed E-state index contributed by atoms with van der Waals surface area (Å²) in [5.41, 5.74) is 0. The van der Waals surface area contributed by atoms with E-state index in [0.717, 1.165) is 25.7 Å². The zero-order chi connectivity index (χ0) is 23.4. The first-order chi connectivity index (χ1) is 14.8. The number of nitrogens with zero attached hydrogens (tertiary/aromatic N) is 1. The minimum atomic E-state index is -0.943. The van der Waals surface area contributed by atoms with E-state index in [2.05, 4.69) is 19.1 Å². The second-order valence-corrected chi connectivity index (χ2v) is 8.54. The highest BCUT2D eigenvalue weighted by Crippen LogP contribution is 2.16. The molecule has 180 valence electrons. The predicted octanol–water partition coefficient (Wildman–Crippen LogP) is 5.09. The third-order valence-corrected chi connectivity index (χ3v) is 5.79. The van der Waals surface area contributed by atoms with Gasteiger partial charge in [0.25, 0.3) is 0 Å². The van der Waals surface area contributed by atoms with Crippen LogP contribution in [0.5, 0.6) is 0 Å². The Balaban J connectivity index is 4.35. The highest BCUT2D eigenvalue weighted by molar-refractivity contribution is 5.67. The molecular weight excluding hydrogens is 398 g/mol. The maximum absolute atomic E-state index is 11.1. The summed E-state index contributed by atoms with van der Waals surface area (Å²) in [7, 11) is 0. The van der Waals surface area contributed by atoms with Crippen LogP contribution < -0.4 is 0 Å². The van der Waals surface area contributed by atoms with Crippen molar-refractivity contribution in [2.24, 2.45) is 0 Å². The van der Waals surface area contributed by atoms with E-state index in [0.29, 0.717) is 6.54 Å². The van der Waals surface area contributed by atoms with Gasteiger partial charge in [0.2, 0.25) is 0 Å². The highest BCUT2D eigenvalue weighted by atomic mass is 16.4. The van der Waals surface area contributed by atoms with Crippen molar-refractivity contribution in [3.05, 3.63) is 12.2 Å². The number of hydrogen-bond donors (Lipinski definition) is 3. The molecule has 0 fully saturated rings. The molecule has 0 aromatic heterocycles. The van der Waals surface area contributed by atoms with Gasteiger partial charge in [-0.1, -0.05) is 57.6 Å². The second-order valence-electron chi connectivity index (χ2n) is 8.54. The molecule has 0 saturated carbocycles. The van der Waals surface area contributed by atoms with Crippen LogP contribution in [0.4, 0.5) is 0 Å². The van der Waals surface area contributed by atoms with Crippen LogP contribution in [0.25, 0.3) is 0 Å². The van der Waals surface area contributed by atoms with Gasteiger partial charge in [0.05, 0.1) is 45.4 Å². The normalized spacial score (nSPS) is 11.8. The van der Waals surface area contributed by atoms with Crippen LogP contribution in [-0.4, -0.2) is 63.9 Å². The number of unbranched alkanes of at least 4 members (excludes halogenated alkanes) is 9. The fourth-order valence-electron chi connectivity index (χ4n) is 3.83. The third kappa shape index (κ3) is 18.6. The Kier molecular flexibility index (Phi) is 17.7. The third-order valence-electron chi connectivity index (χ3n) is 5.79. The summed E-state index contributed by atoms with van der Waals surface area (Å²) in [6, 6.07) is 0. The van der Waals surface area contributed by atoms with Gasteiger partial charge >= 0.3 is 17.9 Å². The number of allylic oxidation sites excluding steroid dienone is 2. The molecule has 0 saturated heterocycles. The van der Waals surface area contributed by atoms with Gasteiger partial charge in [0, 0.05) is 0 Å². The van der Waals surface area contributed by atoms with E-state index in [1.54, 1.807) is 0 Å². The van der Waals surface area contributed by atoms with Crippen molar-refractivity contribution in [1.29, 1.82) is 0 Å². The van der Waals surface area contributed by atoms with E-state index in [1.165, 1.54) is 44.9 Å². The summed E-state index contributed by atoms with van der Waals surface area (Å²) >= 11 is 0. The van der Waals surface area contributed by atoms with E-state index < -0.39 is 17.9 Å². The van der Waals surface area contributed by atoms with E-state index >= 15 is 0 Å². The van der Waals surface area contributed by atoms with E-state index in [-0.39, 0.29) is 43.4 Å². The van der Waals surface area contributed by atoms with Crippen molar-refractivity contribution >= 4 is 17.9 Å². The molecule has 0 bridgehead atoms. The van der Waals surface area contributed by atoms with Gasteiger partial charge in [0.15, 0.2) is 0 Å². The van der Waals surface area contributed by atoms with Gasteiger partial charge in [-0.25, -0.2) is 0 Å². The second kappa shape index (κ2) is 18.8. The first-order valence-corrected chi connectivity index (χ1v) is 12.0. The van der Waals surface area contributed by atoms with Crippen LogP contribution in [-0.2, 0) is 14.4 Å². The van der Waals surface area contributed by atoms with Gasteiger partial charge in [-0.2, -0.15) is 0 Å². The maximum atomic E-state index is 11.1. The summed E-state index contributed by atoms with van der Waals surface area (Å²) in [4.78, 5) is 33.2. The maximum Gasteiger partial charge on any atom is 0.309 e. The molecule has 7 heteroatoms. The van der Waals surface area contributed by atoms with E-state index in [4.69, 9.17) is 15.3 Å². The van der Waals surface area contributed by atoms with Gasteiger partial charge in [-0.15, -0.1) is 0 Å².